The van der Waals surface area contributed by atoms with Crippen LogP contribution in [0.5, 0.6) is 0 Å². The minimum absolute atomic E-state index is 0.0691. The third-order valence-electron chi connectivity index (χ3n) is 5.36. The Kier molecular flexibility index (Phi) is 4.71. The zero-order valence-corrected chi connectivity index (χ0v) is 15.9. The summed E-state index contributed by atoms with van der Waals surface area (Å²) in [6, 6.07) is 8.79. The Morgan fingerprint density at radius 2 is 1.54 bits per heavy atom. The van der Waals surface area contributed by atoms with Crippen LogP contribution in [-0.2, 0) is 6.54 Å². The topological polar surface area (TPSA) is 48.7 Å². The molecule has 1 aromatic heterocycles. The second-order valence-electron chi connectivity index (χ2n) is 7.60. The van der Waals surface area contributed by atoms with E-state index in [1.807, 2.05) is 18.4 Å². The highest BCUT2D eigenvalue weighted by Gasteiger charge is 2.31. The normalized spacial score (nSPS) is 16.1. The number of β-amino-alcohol motifs (C(OH)–C–C–N with tert-alkyl or cyclic N) is 1. The lowest BCUT2D eigenvalue weighted by Gasteiger charge is -2.24. The monoisotopic (exact) mass is 387 g/mol. The smallest absolute Gasteiger partial charge is 0.320 e. The van der Waals surface area contributed by atoms with Gasteiger partial charge in [0.2, 0.25) is 0 Å². The van der Waals surface area contributed by atoms with E-state index in [1.165, 1.54) is 24.3 Å². The summed E-state index contributed by atoms with van der Waals surface area (Å²) < 4.78 is 29.4. The molecule has 1 atom stereocenters. The maximum absolute atomic E-state index is 13.8. The molecular formula is C21H23F2N3O2. The molecule has 4 rings (SSSR count). The molecule has 0 saturated carbocycles. The Bertz CT molecular complexity index is 988. The summed E-state index contributed by atoms with van der Waals surface area (Å²) in [5, 5.41) is 11.9. The molecule has 1 N–H and O–H groups in total. The molecule has 1 fully saturated rings. The number of aliphatic hydroxyl groups is 1. The first-order valence-corrected chi connectivity index (χ1v) is 9.46. The van der Waals surface area contributed by atoms with Crippen LogP contribution in [0.3, 0.4) is 0 Å². The fraction of sp³-hybridized carbons (Fsp3) is 0.381. The van der Waals surface area contributed by atoms with Crippen molar-refractivity contribution in [1.29, 1.82) is 0 Å². The Morgan fingerprint density at radius 3 is 2.04 bits per heavy atom. The molecule has 1 aliphatic rings. The van der Waals surface area contributed by atoms with Gasteiger partial charge >= 0.3 is 6.03 Å². The van der Waals surface area contributed by atoms with E-state index in [4.69, 9.17) is 0 Å². The van der Waals surface area contributed by atoms with E-state index in [1.54, 1.807) is 21.9 Å². The number of hydrogen-bond acceptors (Lipinski definition) is 2. The van der Waals surface area contributed by atoms with Crippen molar-refractivity contribution >= 4 is 27.8 Å². The highest BCUT2D eigenvalue weighted by atomic mass is 19.1. The molecule has 0 bridgehead atoms. The minimum atomic E-state index is -0.801. The van der Waals surface area contributed by atoms with Gasteiger partial charge in [-0.05, 0) is 50.2 Å². The summed E-state index contributed by atoms with van der Waals surface area (Å²) in [6.07, 6.45) is -0.801. The number of amides is 2. The lowest BCUT2D eigenvalue weighted by Crippen LogP contribution is -2.40. The van der Waals surface area contributed by atoms with Gasteiger partial charge in [-0.3, -0.25) is 0 Å². The van der Waals surface area contributed by atoms with Gasteiger partial charge in [-0.1, -0.05) is 0 Å². The van der Waals surface area contributed by atoms with Gasteiger partial charge in [0.25, 0.3) is 0 Å². The first-order valence-electron chi connectivity index (χ1n) is 9.46. The van der Waals surface area contributed by atoms with Crippen LogP contribution in [0.2, 0.25) is 0 Å². The van der Waals surface area contributed by atoms with Gasteiger partial charge in [0.05, 0.1) is 19.2 Å². The van der Waals surface area contributed by atoms with Crippen molar-refractivity contribution in [3.8, 4) is 0 Å². The summed E-state index contributed by atoms with van der Waals surface area (Å²) in [4.78, 5) is 15.9. The van der Waals surface area contributed by atoms with Crippen molar-refractivity contribution in [3.63, 3.8) is 0 Å². The first kappa shape index (κ1) is 18.7. The van der Waals surface area contributed by atoms with Gasteiger partial charge in [-0.2, -0.15) is 0 Å². The SMILES string of the molecule is CC(C)N1CCN(C[C@@H](O)Cn2c3ccc(F)cc3c3cc(F)ccc32)C1=O. The molecule has 2 heterocycles. The zero-order chi connectivity index (χ0) is 20.0. The molecule has 0 unspecified atom stereocenters. The first-order chi connectivity index (χ1) is 13.3. The summed E-state index contributed by atoms with van der Waals surface area (Å²) in [5.74, 6) is -0.791. The second-order valence-corrected chi connectivity index (χ2v) is 7.60. The molecule has 148 valence electrons. The van der Waals surface area contributed by atoms with Crippen molar-refractivity contribution in [2.45, 2.75) is 32.5 Å². The van der Waals surface area contributed by atoms with Crippen molar-refractivity contribution in [1.82, 2.24) is 14.4 Å². The van der Waals surface area contributed by atoms with Crippen LogP contribution in [0.1, 0.15) is 13.8 Å². The second kappa shape index (κ2) is 7.05. The minimum Gasteiger partial charge on any atom is -0.389 e. The van der Waals surface area contributed by atoms with E-state index in [9.17, 15) is 18.7 Å². The lowest BCUT2D eigenvalue weighted by molar-refractivity contribution is 0.114. The van der Waals surface area contributed by atoms with Crippen LogP contribution >= 0.6 is 0 Å². The summed E-state index contributed by atoms with van der Waals surface area (Å²) >= 11 is 0. The molecule has 1 aliphatic heterocycles. The quantitative estimate of drug-likeness (QED) is 0.728. The van der Waals surface area contributed by atoms with E-state index in [0.29, 0.717) is 23.9 Å². The predicted molar refractivity (Wildman–Crippen MR) is 104 cm³/mol. The molecule has 2 amide bonds. The Labute approximate surface area is 161 Å². The average molecular weight is 387 g/mol. The van der Waals surface area contributed by atoms with Gasteiger partial charge in [0.1, 0.15) is 11.6 Å². The van der Waals surface area contributed by atoms with E-state index in [-0.39, 0.29) is 25.2 Å². The van der Waals surface area contributed by atoms with Gasteiger partial charge in [0.15, 0.2) is 0 Å². The third kappa shape index (κ3) is 3.20. The summed E-state index contributed by atoms with van der Waals surface area (Å²) in [6.45, 7) is 5.60. The van der Waals surface area contributed by atoms with Crippen LogP contribution in [0.25, 0.3) is 21.8 Å². The number of halogens is 2. The third-order valence-corrected chi connectivity index (χ3v) is 5.36. The van der Waals surface area contributed by atoms with E-state index >= 15 is 0 Å². The number of hydrogen-bond donors (Lipinski definition) is 1. The van der Waals surface area contributed by atoms with E-state index < -0.39 is 17.7 Å². The van der Waals surface area contributed by atoms with Crippen molar-refractivity contribution in [2.75, 3.05) is 19.6 Å². The fourth-order valence-electron chi connectivity index (χ4n) is 4.02. The molecule has 0 radical (unpaired) electrons. The lowest BCUT2D eigenvalue weighted by atomic mass is 10.1. The van der Waals surface area contributed by atoms with Gasteiger partial charge in [-0.15, -0.1) is 0 Å². The molecule has 5 nitrogen and oxygen atoms in total. The maximum Gasteiger partial charge on any atom is 0.320 e. The molecule has 28 heavy (non-hydrogen) atoms. The fourth-order valence-corrected chi connectivity index (χ4v) is 4.02. The molecule has 3 aromatic rings. The maximum atomic E-state index is 13.8. The standard InChI is InChI=1S/C21H23F2N3O2/c1-13(2)25-8-7-24(21(25)28)11-16(27)12-26-19-5-3-14(22)9-17(19)18-10-15(23)4-6-20(18)26/h3-6,9-10,13,16,27H,7-8,11-12H2,1-2H3/t16-/m1/s1. The Balaban J connectivity index is 1.63. The number of carbonyl (C=O) groups is 1. The highest BCUT2D eigenvalue weighted by molar-refractivity contribution is 6.08. The van der Waals surface area contributed by atoms with Crippen LogP contribution in [0.4, 0.5) is 13.6 Å². The van der Waals surface area contributed by atoms with Crippen LogP contribution < -0.4 is 0 Å². The summed E-state index contributed by atoms with van der Waals surface area (Å²) in [5.41, 5.74) is 1.44. The molecule has 7 heteroatoms. The molecule has 2 aromatic carbocycles. The van der Waals surface area contributed by atoms with Crippen molar-refractivity contribution < 1.29 is 18.7 Å². The van der Waals surface area contributed by atoms with Gasteiger partial charge in [-0.25, -0.2) is 13.6 Å². The number of aromatic nitrogens is 1. The largest absolute Gasteiger partial charge is 0.389 e. The Morgan fingerprint density at radius 1 is 0.964 bits per heavy atom. The van der Waals surface area contributed by atoms with E-state index in [0.717, 1.165) is 11.0 Å². The van der Waals surface area contributed by atoms with Gasteiger partial charge in [0, 0.05) is 40.9 Å². The molecule has 0 aliphatic carbocycles. The number of benzene rings is 2. The predicted octanol–water partition coefficient (Wildman–Crippen LogP) is 3.58. The van der Waals surface area contributed by atoms with E-state index in [2.05, 4.69) is 0 Å². The van der Waals surface area contributed by atoms with Crippen LogP contribution in [0.15, 0.2) is 36.4 Å². The average Bonchev–Trinajstić information content (AvgIpc) is 3.13. The Hall–Kier alpha value is -2.67. The number of rotatable bonds is 5. The number of nitrogens with zero attached hydrogens (tertiary/aromatic N) is 3. The zero-order valence-electron chi connectivity index (χ0n) is 15.9. The summed E-state index contributed by atoms with van der Waals surface area (Å²) in [7, 11) is 0. The van der Waals surface area contributed by atoms with Crippen LogP contribution in [-0.4, -0.2) is 57.3 Å². The number of aliphatic hydroxyl groups excluding tert-OH is 1. The number of fused-ring (bicyclic) bond motifs is 3. The van der Waals surface area contributed by atoms with Crippen molar-refractivity contribution in [3.05, 3.63) is 48.0 Å². The number of urea groups is 1. The number of carbonyl (C=O) groups excluding carboxylic acids is 1. The van der Waals surface area contributed by atoms with Crippen molar-refractivity contribution in [2.24, 2.45) is 0 Å². The van der Waals surface area contributed by atoms with Gasteiger partial charge < -0.3 is 19.5 Å². The highest BCUT2D eigenvalue weighted by Crippen LogP contribution is 2.30. The molecular weight excluding hydrogens is 364 g/mol. The van der Waals surface area contributed by atoms with Crippen LogP contribution in [0, 0.1) is 11.6 Å². The molecule has 0 spiro atoms. The molecule has 1 saturated heterocycles.